The second-order valence-corrected chi connectivity index (χ2v) is 4.59. The van der Waals surface area contributed by atoms with E-state index in [1.807, 2.05) is 0 Å². The Morgan fingerprint density at radius 1 is 0.500 bits per heavy atom. The summed E-state index contributed by atoms with van der Waals surface area (Å²) in [5, 5.41) is 0. The van der Waals surface area contributed by atoms with E-state index in [9.17, 15) is 0 Å². The predicted molar refractivity (Wildman–Crippen MR) is 43.6 cm³/mol. The van der Waals surface area contributed by atoms with E-state index in [1.165, 1.54) is 0 Å². The van der Waals surface area contributed by atoms with Crippen LogP contribution in [0.3, 0.4) is 0 Å². The maximum absolute atomic E-state index is 2.42. The van der Waals surface area contributed by atoms with Crippen LogP contribution >= 0.6 is 0 Å². The SMILES string of the molecule is CC1C2C([C@H]1C)[C@H](C)[C@H]2C. The largest absolute Gasteiger partial charge is 0.0620 e. The Balaban J connectivity index is 2.07. The van der Waals surface area contributed by atoms with Crippen molar-refractivity contribution in [2.75, 3.05) is 0 Å². The Bertz CT molecular complexity index is 116. The smallest absolute Gasteiger partial charge is 0.0324 e. The molecule has 0 saturated heterocycles. The average molecular weight is 138 g/mol. The van der Waals surface area contributed by atoms with Crippen LogP contribution in [0.4, 0.5) is 0 Å². The lowest BCUT2D eigenvalue weighted by Crippen LogP contribution is -2.61. The highest BCUT2D eigenvalue weighted by Gasteiger charge is 2.59. The maximum atomic E-state index is 2.42. The molecule has 0 spiro atoms. The van der Waals surface area contributed by atoms with Crippen molar-refractivity contribution in [1.82, 2.24) is 0 Å². The Hall–Kier alpha value is 0. The minimum atomic E-state index is 1.02. The summed E-state index contributed by atoms with van der Waals surface area (Å²) in [5.74, 6) is 6.30. The minimum Gasteiger partial charge on any atom is -0.0620 e. The van der Waals surface area contributed by atoms with Gasteiger partial charge in [0.2, 0.25) is 0 Å². The van der Waals surface area contributed by atoms with Crippen molar-refractivity contribution in [1.29, 1.82) is 0 Å². The highest BCUT2D eigenvalue weighted by atomic mass is 14.6. The number of hydrogen-bond donors (Lipinski definition) is 0. The topological polar surface area (TPSA) is 0 Å². The lowest BCUT2D eigenvalue weighted by molar-refractivity contribution is -0.178. The van der Waals surface area contributed by atoms with Crippen LogP contribution in [0.5, 0.6) is 0 Å². The van der Waals surface area contributed by atoms with E-state index in [1.54, 1.807) is 0 Å². The average Bonchev–Trinajstić information content (AvgIpc) is 1.95. The molecule has 0 aromatic rings. The molecule has 0 N–H and O–H groups in total. The van der Waals surface area contributed by atoms with E-state index in [0.29, 0.717) is 0 Å². The molecule has 2 rings (SSSR count). The lowest BCUT2D eigenvalue weighted by atomic mass is 9.39. The lowest BCUT2D eigenvalue weighted by Gasteiger charge is -2.65. The van der Waals surface area contributed by atoms with Crippen LogP contribution in [-0.4, -0.2) is 0 Å². The van der Waals surface area contributed by atoms with Crippen LogP contribution in [-0.2, 0) is 0 Å². The van der Waals surface area contributed by atoms with Crippen molar-refractivity contribution in [3.63, 3.8) is 0 Å². The maximum Gasteiger partial charge on any atom is -0.0324 e. The van der Waals surface area contributed by atoms with Crippen molar-refractivity contribution < 1.29 is 0 Å². The summed E-state index contributed by atoms with van der Waals surface area (Å²) in [4.78, 5) is 0. The molecule has 2 saturated carbocycles. The van der Waals surface area contributed by atoms with Gasteiger partial charge >= 0.3 is 0 Å². The molecule has 6 atom stereocenters. The Kier molecular flexibility index (Phi) is 1.19. The van der Waals surface area contributed by atoms with Crippen molar-refractivity contribution in [2.45, 2.75) is 27.7 Å². The molecule has 2 fully saturated rings. The van der Waals surface area contributed by atoms with E-state index in [4.69, 9.17) is 0 Å². The van der Waals surface area contributed by atoms with Crippen LogP contribution < -0.4 is 0 Å². The van der Waals surface area contributed by atoms with Gasteiger partial charge in [-0.25, -0.2) is 0 Å². The first kappa shape index (κ1) is 6.69. The third-order valence-corrected chi connectivity index (χ3v) is 4.53. The first-order valence-electron chi connectivity index (χ1n) is 4.64. The zero-order valence-corrected chi connectivity index (χ0v) is 7.46. The van der Waals surface area contributed by atoms with E-state index in [2.05, 4.69) is 27.7 Å². The first-order valence-corrected chi connectivity index (χ1v) is 4.64. The fraction of sp³-hybridized carbons (Fsp3) is 1.00. The van der Waals surface area contributed by atoms with Gasteiger partial charge in [0.05, 0.1) is 0 Å². The third kappa shape index (κ3) is 0.500. The molecule has 0 bridgehead atoms. The molecular formula is C10H18. The molecule has 0 aliphatic heterocycles. The van der Waals surface area contributed by atoms with Gasteiger partial charge in [-0.15, -0.1) is 0 Å². The molecule has 58 valence electrons. The van der Waals surface area contributed by atoms with Crippen LogP contribution in [0.1, 0.15) is 27.7 Å². The molecule has 0 nitrogen and oxygen atoms in total. The zero-order chi connectivity index (χ0) is 7.46. The molecule has 2 aliphatic rings. The number of hydrogen-bond acceptors (Lipinski definition) is 0. The van der Waals surface area contributed by atoms with Gasteiger partial charge in [0.15, 0.2) is 0 Å². The summed E-state index contributed by atoms with van der Waals surface area (Å²) in [6.07, 6.45) is 0. The number of fused-ring (bicyclic) bond motifs is 1. The molecule has 0 aromatic heterocycles. The normalized spacial score (nSPS) is 66.0. The molecule has 0 heteroatoms. The fourth-order valence-corrected chi connectivity index (χ4v) is 3.47. The zero-order valence-electron chi connectivity index (χ0n) is 7.46. The Labute approximate surface area is 64.0 Å². The van der Waals surface area contributed by atoms with Crippen LogP contribution in [0.2, 0.25) is 0 Å². The second-order valence-electron chi connectivity index (χ2n) is 4.59. The first-order chi connectivity index (χ1) is 4.64. The predicted octanol–water partition coefficient (Wildman–Crippen LogP) is 2.79. The Morgan fingerprint density at radius 2 is 0.700 bits per heavy atom. The van der Waals surface area contributed by atoms with E-state index in [0.717, 1.165) is 35.5 Å². The van der Waals surface area contributed by atoms with Gasteiger partial charge in [0.1, 0.15) is 0 Å². The van der Waals surface area contributed by atoms with Gasteiger partial charge in [0, 0.05) is 0 Å². The van der Waals surface area contributed by atoms with Gasteiger partial charge in [-0.2, -0.15) is 0 Å². The molecule has 2 aliphatic carbocycles. The van der Waals surface area contributed by atoms with E-state index >= 15 is 0 Å². The molecule has 0 amide bonds. The minimum absolute atomic E-state index is 1.02. The molecule has 10 heavy (non-hydrogen) atoms. The van der Waals surface area contributed by atoms with E-state index < -0.39 is 0 Å². The van der Waals surface area contributed by atoms with Gasteiger partial charge < -0.3 is 0 Å². The van der Waals surface area contributed by atoms with Crippen molar-refractivity contribution in [3.8, 4) is 0 Å². The molecule has 0 radical (unpaired) electrons. The highest BCUT2D eigenvalue weighted by Crippen LogP contribution is 2.63. The fourth-order valence-electron chi connectivity index (χ4n) is 3.47. The summed E-state index contributed by atoms with van der Waals surface area (Å²) in [6, 6.07) is 0. The monoisotopic (exact) mass is 138 g/mol. The molecule has 0 heterocycles. The molecule has 0 aromatic carbocycles. The second kappa shape index (κ2) is 1.78. The van der Waals surface area contributed by atoms with Crippen LogP contribution in [0.25, 0.3) is 0 Å². The highest BCUT2D eigenvalue weighted by molar-refractivity contribution is 5.06. The standard InChI is InChI=1S/C10H18/c1-5-6(2)10-8(4)7(3)9(5)10/h5-10H,1-4H3/t5-,6-,7+,8?,9?,10?/m1/s1. The van der Waals surface area contributed by atoms with Gasteiger partial charge in [-0.05, 0) is 35.5 Å². The summed E-state index contributed by atoms with van der Waals surface area (Å²) in [7, 11) is 0. The molecular weight excluding hydrogens is 120 g/mol. The summed E-state index contributed by atoms with van der Waals surface area (Å²) < 4.78 is 0. The quantitative estimate of drug-likeness (QED) is 0.483. The van der Waals surface area contributed by atoms with Crippen LogP contribution in [0, 0.1) is 35.5 Å². The van der Waals surface area contributed by atoms with Crippen LogP contribution in [0.15, 0.2) is 0 Å². The van der Waals surface area contributed by atoms with Gasteiger partial charge in [-0.1, -0.05) is 27.7 Å². The van der Waals surface area contributed by atoms with Crippen molar-refractivity contribution in [3.05, 3.63) is 0 Å². The van der Waals surface area contributed by atoms with E-state index in [-0.39, 0.29) is 0 Å². The summed E-state index contributed by atoms with van der Waals surface area (Å²) >= 11 is 0. The van der Waals surface area contributed by atoms with Gasteiger partial charge in [-0.3, -0.25) is 0 Å². The molecule has 3 unspecified atom stereocenters. The summed E-state index contributed by atoms with van der Waals surface area (Å²) in [5.41, 5.74) is 0. The van der Waals surface area contributed by atoms with Crippen molar-refractivity contribution >= 4 is 0 Å². The summed E-state index contributed by atoms with van der Waals surface area (Å²) in [6.45, 7) is 9.70. The van der Waals surface area contributed by atoms with Gasteiger partial charge in [0.25, 0.3) is 0 Å². The van der Waals surface area contributed by atoms with Crippen molar-refractivity contribution in [2.24, 2.45) is 35.5 Å². The Morgan fingerprint density at radius 3 is 0.900 bits per heavy atom. The number of rotatable bonds is 0. The third-order valence-electron chi connectivity index (χ3n) is 4.53.